The molecule has 0 spiro atoms. The first-order valence-electron chi connectivity index (χ1n) is 10.2. The Kier molecular flexibility index (Phi) is 8.71. The van der Waals surface area contributed by atoms with Crippen molar-refractivity contribution in [3.8, 4) is 5.75 Å². The van der Waals surface area contributed by atoms with Crippen molar-refractivity contribution in [1.29, 1.82) is 0 Å². The second kappa shape index (κ2) is 11.2. The van der Waals surface area contributed by atoms with Crippen LogP contribution in [0.1, 0.15) is 38.3 Å². The topological polar surface area (TPSA) is 58.6 Å². The van der Waals surface area contributed by atoms with E-state index in [0.717, 1.165) is 11.1 Å². The standard InChI is InChI=1S/C24H32N2O3/c1-5-22(24(28)25-15-18(2)3)26(16-20-12-10-9-11-19(20)4)23(27)17-29-21-13-7-6-8-14-21/h6-14,18,22H,5,15-17H2,1-4H3,(H,25,28). The minimum Gasteiger partial charge on any atom is -0.484 e. The maximum absolute atomic E-state index is 13.1. The number of rotatable bonds is 10. The van der Waals surface area contributed by atoms with Gasteiger partial charge in [-0.1, -0.05) is 63.2 Å². The largest absolute Gasteiger partial charge is 0.484 e. The molecule has 5 heteroatoms. The molecule has 2 amide bonds. The first-order valence-corrected chi connectivity index (χ1v) is 10.2. The summed E-state index contributed by atoms with van der Waals surface area (Å²) >= 11 is 0. The van der Waals surface area contributed by atoms with Gasteiger partial charge in [-0.25, -0.2) is 0 Å². The van der Waals surface area contributed by atoms with Crippen molar-refractivity contribution in [3.05, 3.63) is 65.7 Å². The third kappa shape index (κ3) is 6.93. The van der Waals surface area contributed by atoms with Crippen LogP contribution in [0.4, 0.5) is 0 Å². The number of aryl methyl sites for hydroxylation is 1. The highest BCUT2D eigenvalue weighted by atomic mass is 16.5. The highest BCUT2D eigenvalue weighted by Gasteiger charge is 2.29. The van der Waals surface area contributed by atoms with Crippen LogP contribution in [0, 0.1) is 12.8 Å². The summed E-state index contributed by atoms with van der Waals surface area (Å²) in [5, 5.41) is 2.97. The van der Waals surface area contributed by atoms with Crippen LogP contribution in [0.25, 0.3) is 0 Å². The van der Waals surface area contributed by atoms with Gasteiger partial charge in [0.2, 0.25) is 5.91 Å². The minimum atomic E-state index is -0.541. The maximum Gasteiger partial charge on any atom is 0.261 e. The predicted octanol–water partition coefficient (Wildman–Crippen LogP) is 3.95. The van der Waals surface area contributed by atoms with Crippen molar-refractivity contribution < 1.29 is 14.3 Å². The van der Waals surface area contributed by atoms with Gasteiger partial charge in [-0.15, -0.1) is 0 Å². The molecule has 29 heavy (non-hydrogen) atoms. The Morgan fingerprint density at radius 3 is 2.31 bits per heavy atom. The molecule has 0 saturated heterocycles. The lowest BCUT2D eigenvalue weighted by molar-refractivity contribution is -0.143. The number of carbonyl (C=O) groups is 2. The number of hydrogen-bond donors (Lipinski definition) is 1. The van der Waals surface area contributed by atoms with E-state index in [9.17, 15) is 9.59 Å². The van der Waals surface area contributed by atoms with Crippen LogP contribution < -0.4 is 10.1 Å². The summed E-state index contributed by atoms with van der Waals surface area (Å²) in [6.07, 6.45) is 0.535. The van der Waals surface area contributed by atoms with Gasteiger partial charge in [0.1, 0.15) is 11.8 Å². The van der Waals surface area contributed by atoms with Crippen LogP contribution in [0.5, 0.6) is 5.75 Å². The zero-order valence-corrected chi connectivity index (χ0v) is 17.9. The lowest BCUT2D eigenvalue weighted by Gasteiger charge is -2.31. The summed E-state index contributed by atoms with van der Waals surface area (Å²) in [6.45, 7) is 8.88. The molecule has 2 rings (SSSR count). The smallest absolute Gasteiger partial charge is 0.261 e. The second-order valence-corrected chi connectivity index (χ2v) is 7.61. The normalized spacial score (nSPS) is 11.8. The number of nitrogens with one attached hydrogen (secondary N) is 1. The van der Waals surface area contributed by atoms with E-state index in [1.807, 2.05) is 82.3 Å². The molecule has 0 radical (unpaired) electrons. The average Bonchev–Trinajstić information content (AvgIpc) is 2.72. The molecule has 0 bridgehead atoms. The van der Waals surface area contributed by atoms with Crippen molar-refractivity contribution in [1.82, 2.24) is 10.2 Å². The van der Waals surface area contributed by atoms with Gasteiger partial charge in [-0.05, 0) is 42.5 Å². The SMILES string of the molecule is CCC(C(=O)NCC(C)C)N(Cc1ccccc1C)C(=O)COc1ccccc1. The Hall–Kier alpha value is -2.82. The van der Waals surface area contributed by atoms with Crippen LogP contribution in [-0.4, -0.2) is 35.9 Å². The lowest BCUT2D eigenvalue weighted by Crippen LogP contribution is -2.50. The molecule has 5 nitrogen and oxygen atoms in total. The zero-order valence-electron chi connectivity index (χ0n) is 17.9. The number of hydrogen-bond acceptors (Lipinski definition) is 3. The summed E-state index contributed by atoms with van der Waals surface area (Å²) in [5.74, 6) is 0.652. The maximum atomic E-state index is 13.1. The molecule has 0 aliphatic rings. The zero-order chi connectivity index (χ0) is 21.2. The van der Waals surface area contributed by atoms with Crippen LogP contribution in [0.2, 0.25) is 0 Å². The van der Waals surface area contributed by atoms with Crippen molar-refractivity contribution >= 4 is 11.8 Å². The van der Waals surface area contributed by atoms with Gasteiger partial charge < -0.3 is 15.0 Å². The average molecular weight is 397 g/mol. The lowest BCUT2D eigenvalue weighted by atomic mass is 10.1. The highest BCUT2D eigenvalue weighted by molar-refractivity contribution is 5.88. The van der Waals surface area contributed by atoms with Gasteiger partial charge in [0.15, 0.2) is 6.61 Å². The number of carbonyl (C=O) groups excluding carboxylic acids is 2. The summed E-state index contributed by atoms with van der Waals surface area (Å²) in [7, 11) is 0. The first-order chi connectivity index (χ1) is 13.9. The molecule has 1 N–H and O–H groups in total. The van der Waals surface area contributed by atoms with Gasteiger partial charge in [0.05, 0.1) is 0 Å². The van der Waals surface area contributed by atoms with Crippen molar-refractivity contribution in [3.63, 3.8) is 0 Å². The van der Waals surface area contributed by atoms with Crippen LogP contribution in [0.15, 0.2) is 54.6 Å². The molecular weight excluding hydrogens is 364 g/mol. The van der Waals surface area contributed by atoms with Gasteiger partial charge in [0.25, 0.3) is 5.91 Å². The van der Waals surface area contributed by atoms with Crippen molar-refractivity contribution in [2.24, 2.45) is 5.92 Å². The Morgan fingerprint density at radius 2 is 1.69 bits per heavy atom. The highest BCUT2D eigenvalue weighted by Crippen LogP contribution is 2.16. The minimum absolute atomic E-state index is 0.107. The molecular formula is C24H32N2O3. The molecule has 156 valence electrons. The molecule has 0 aromatic heterocycles. The molecule has 0 aliphatic carbocycles. The third-order valence-corrected chi connectivity index (χ3v) is 4.78. The Morgan fingerprint density at radius 1 is 1.03 bits per heavy atom. The summed E-state index contributed by atoms with van der Waals surface area (Å²) < 4.78 is 5.67. The van der Waals surface area contributed by atoms with Gasteiger partial charge in [-0.2, -0.15) is 0 Å². The monoisotopic (exact) mass is 396 g/mol. The fraction of sp³-hybridized carbons (Fsp3) is 0.417. The molecule has 0 saturated carbocycles. The van der Waals surface area contributed by atoms with Gasteiger partial charge in [-0.3, -0.25) is 9.59 Å². The second-order valence-electron chi connectivity index (χ2n) is 7.61. The fourth-order valence-corrected chi connectivity index (χ4v) is 3.06. The number of ether oxygens (including phenoxy) is 1. The van der Waals surface area contributed by atoms with Crippen LogP contribution in [-0.2, 0) is 16.1 Å². The van der Waals surface area contributed by atoms with Crippen molar-refractivity contribution in [2.75, 3.05) is 13.2 Å². The molecule has 0 heterocycles. The molecule has 1 unspecified atom stereocenters. The van der Waals surface area contributed by atoms with E-state index in [4.69, 9.17) is 4.74 Å². The summed E-state index contributed by atoms with van der Waals surface area (Å²) in [6, 6.07) is 16.6. The molecule has 2 aromatic carbocycles. The quantitative estimate of drug-likeness (QED) is 0.661. The Balaban J connectivity index is 2.19. The van der Waals surface area contributed by atoms with Crippen LogP contribution in [0.3, 0.4) is 0 Å². The Labute approximate surface area is 174 Å². The van der Waals surface area contributed by atoms with E-state index in [0.29, 0.717) is 31.2 Å². The van der Waals surface area contributed by atoms with E-state index in [1.165, 1.54) is 0 Å². The van der Waals surface area contributed by atoms with E-state index < -0.39 is 6.04 Å². The fourth-order valence-electron chi connectivity index (χ4n) is 3.06. The van der Waals surface area contributed by atoms with E-state index >= 15 is 0 Å². The third-order valence-electron chi connectivity index (χ3n) is 4.78. The van der Waals surface area contributed by atoms with Crippen molar-refractivity contribution in [2.45, 2.75) is 46.7 Å². The number of nitrogens with zero attached hydrogens (tertiary/aromatic N) is 1. The molecule has 2 aromatic rings. The van der Waals surface area contributed by atoms with Gasteiger partial charge in [0, 0.05) is 13.1 Å². The number of amides is 2. The molecule has 0 fully saturated rings. The van der Waals surface area contributed by atoms with E-state index in [1.54, 1.807) is 4.90 Å². The Bertz CT molecular complexity index is 790. The predicted molar refractivity (Wildman–Crippen MR) is 116 cm³/mol. The van der Waals surface area contributed by atoms with E-state index in [-0.39, 0.29) is 18.4 Å². The van der Waals surface area contributed by atoms with E-state index in [2.05, 4.69) is 5.32 Å². The van der Waals surface area contributed by atoms with Crippen LogP contribution >= 0.6 is 0 Å². The number of benzene rings is 2. The number of para-hydroxylation sites is 1. The molecule has 1 atom stereocenters. The first kappa shape index (κ1) is 22.5. The summed E-state index contributed by atoms with van der Waals surface area (Å²) in [5.41, 5.74) is 2.11. The summed E-state index contributed by atoms with van der Waals surface area (Å²) in [4.78, 5) is 27.6. The molecule has 0 aliphatic heterocycles. The van der Waals surface area contributed by atoms with Gasteiger partial charge >= 0.3 is 0 Å².